The van der Waals surface area contributed by atoms with Gasteiger partial charge in [-0.15, -0.1) is 11.3 Å². The Kier molecular flexibility index (Phi) is 3.83. The van der Waals surface area contributed by atoms with E-state index in [0.717, 1.165) is 16.1 Å². The third-order valence-electron chi connectivity index (χ3n) is 4.58. The van der Waals surface area contributed by atoms with E-state index in [1.54, 1.807) is 22.3 Å². The van der Waals surface area contributed by atoms with Crippen molar-refractivity contribution in [3.63, 3.8) is 0 Å². The summed E-state index contributed by atoms with van der Waals surface area (Å²) in [5.41, 5.74) is 2.19. The number of amides is 1. The zero-order chi connectivity index (χ0) is 18.2. The lowest BCUT2D eigenvalue weighted by atomic mass is 9.99. The summed E-state index contributed by atoms with van der Waals surface area (Å²) in [5, 5.41) is 13.1. The van der Waals surface area contributed by atoms with E-state index in [2.05, 4.69) is 20.3 Å². The number of H-pyrrole nitrogens is 1. The molecule has 1 N–H and O–H groups in total. The average molecular weight is 377 g/mol. The molecule has 1 fully saturated rings. The van der Waals surface area contributed by atoms with Crippen molar-refractivity contribution in [1.82, 2.24) is 25.2 Å². The number of benzene rings is 1. The third kappa shape index (κ3) is 2.93. The molecule has 0 saturated carbocycles. The van der Waals surface area contributed by atoms with E-state index in [0.29, 0.717) is 30.5 Å². The van der Waals surface area contributed by atoms with E-state index < -0.39 is 0 Å². The van der Waals surface area contributed by atoms with Crippen LogP contribution in [0.15, 0.2) is 58.4 Å². The number of hydrogen-bond donors (Lipinski definition) is 1. The number of carbonyl (C=O) groups excluding carboxylic acids is 1. The highest BCUT2D eigenvalue weighted by atomic mass is 32.1. The molecule has 27 heavy (non-hydrogen) atoms. The Morgan fingerprint density at radius 2 is 2.04 bits per heavy atom. The lowest BCUT2D eigenvalue weighted by molar-refractivity contribution is 0.0563. The maximum Gasteiger partial charge on any atom is 0.274 e. The Labute approximate surface area is 158 Å². The van der Waals surface area contributed by atoms with Crippen LogP contribution in [0.2, 0.25) is 0 Å². The largest absolute Gasteiger partial charge is 0.339 e. The number of thiophene rings is 1. The number of likely N-dealkylation sites (tertiary alicyclic amines) is 1. The third-order valence-corrected chi connectivity index (χ3v) is 5.48. The van der Waals surface area contributed by atoms with Gasteiger partial charge >= 0.3 is 0 Å². The fourth-order valence-electron chi connectivity index (χ4n) is 3.06. The lowest BCUT2D eigenvalue weighted by Gasteiger charge is -2.36. The highest BCUT2D eigenvalue weighted by Gasteiger charge is 2.36. The van der Waals surface area contributed by atoms with Crippen LogP contribution >= 0.6 is 11.3 Å². The second kappa shape index (κ2) is 6.48. The van der Waals surface area contributed by atoms with Gasteiger partial charge in [-0.25, -0.2) is 0 Å². The minimum Gasteiger partial charge on any atom is -0.339 e. The molecule has 1 aromatic carbocycles. The van der Waals surface area contributed by atoms with E-state index in [-0.39, 0.29) is 11.8 Å². The van der Waals surface area contributed by atoms with Crippen LogP contribution in [0, 0.1) is 0 Å². The summed E-state index contributed by atoms with van der Waals surface area (Å²) in [5.74, 6) is 1.12. The zero-order valence-electron chi connectivity index (χ0n) is 14.2. The van der Waals surface area contributed by atoms with Crippen LogP contribution in [0.5, 0.6) is 0 Å². The molecular weight excluding hydrogens is 362 g/mol. The fraction of sp³-hybridized carbons (Fsp3) is 0.158. The summed E-state index contributed by atoms with van der Waals surface area (Å²) < 4.78 is 5.39. The molecule has 8 heteroatoms. The first-order valence-electron chi connectivity index (χ1n) is 8.55. The van der Waals surface area contributed by atoms with Crippen molar-refractivity contribution in [2.24, 2.45) is 0 Å². The standard InChI is InChI=1S/C19H15N5O2S/c25-19(15-9-14(21-22-15)16-7-4-8-27-16)24-10-13(11-24)18-20-17(23-26-18)12-5-2-1-3-6-12/h1-9,13H,10-11H2,(H,21,22). The molecule has 0 bridgehead atoms. The van der Waals surface area contributed by atoms with E-state index >= 15 is 0 Å². The van der Waals surface area contributed by atoms with Crippen LogP contribution < -0.4 is 0 Å². The lowest BCUT2D eigenvalue weighted by Crippen LogP contribution is -2.48. The first kappa shape index (κ1) is 16.0. The van der Waals surface area contributed by atoms with Gasteiger partial charge in [-0.1, -0.05) is 41.6 Å². The van der Waals surface area contributed by atoms with E-state index in [4.69, 9.17) is 4.52 Å². The predicted octanol–water partition coefficient (Wildman–Crippen LogP) is 3.43. The van der Waals surface area contributed by atoms with Crippen molar-refractivity contribution in [3.05, 3.63) is 65.5 Å². The van der Waals surface area contributed by atoms with Gasteiger partial charge in [0.25, 0.3) is 5.91 Å². The highest BCUT2D eigenvalue weighted by molar-refractivity contribution is 7.13. The van der Waals surface area contributed by atoms with Gasteiger partial charge in [0.15, 0.2) is 5.69 Å². The van der Waals surface area contributed by atoms with Crippen molar-refractivity contribution >= 4 is 17.2 Å². The van der Waals surface area contributed by atoms with Crippen molar-refractivity contribution in [2.45, 2.75) is 5.92 Å². The number of nitrogens with zero attached hydrogens (tertiary/aromatic N) is 4. The topological polar surface area (TPSA) is 87.9 Å². The van der Waals surface area contributed by atoms with Crippen LogP contribution in [0.25, 0.3) is 22.0 Å². The van der Waals surface area contributed by atoms with Gasteiger partial charge in [-0.05, 0) is 17.5 Å². The minimum atomic E-state index is -0.0897. The number of carbonyl (C=O) groups is 1. The Balaban J connectivity index is 1.24. The summed E-state index contributed by atoms with van der Waals surface area (Å²) >= 11 is 1.60. The molecule has 134 valence electrons. The smallest absolute Gasteiger partial charge is 0.274 e. The predicted molar refractivity (Wildman–Crippen MR) is 100 cm³/mol. The number of hydrogen-bond acceptors (Lipinski definition) is 6. The van der Waals surface area contributed by atoms with Gasteiger partial charge in [0.05, 0.1) is 16.5 Å². The quantitative estimate of drug-likeness (QED) is 0.589. The highest BCUT2D eigenvalue weighted by Crippen LogP contribution is 2.29. The molecule has 4 heterocycles. The van der Waals surface area contributed by atoms with Gasteiger partial charge in [-0.2, -0.15) is 10.1 Å². The molecule has 0 unspecified atom stereocenters. The maximum atomic E-state index is 12.6. The summed E-state index contributed by atoms with van der Waals surface area (Å²) in [6.45, 7) is 1.10. The van der Waals surface area contributed by atoms with Crippen LogP contribution in [0.1, 0.15) is 22.3 Å². The van der Waals surface area contributed by atoms with Crippen molar-refractivity contribution < 1.29 is 9.32 Å². The summed E-state index contributed by atoms with van der Waals surface area (Å²) in [6.07, 6.45) is 0. The van der Waals surface area contributed by atoms with Crippen molar-refractivity contribution in [2.75, 3.05) is 13.1 Å². The monoisotopic (exact) mass is 377 g/mol. The Bertz CT molecular complexity index is 1060. The first-order chi connectivity index (χ1) is 13.3. The Morgan fingerprint density at radius 1 is 1.19 bits per heavy atom. The second-order valence-electron chi connectivity index (χ2n) is 6.37. The molecule has 1 aliphatic heterocycles. The number of aromatic nitrogens is 4. The average Bonchev–Trinajstić information content (AvgIpc) is 3.41. The van der Waals surface area contributed by atoms with E-state index in [1.165, 1.54) is 0 Å². The Hall–Kier alpha value is -3.26. The van der Waals surface area contributed by atoms with Crippen LogP contribution in [0.3, 0.4) is 0 Å². The normalized spacial score (nSPS) is 14.3. The molecule has 3 aromatic heterocycles. The molecule has 4 aromatic rings. The zero-order valence-corrected chi connectivity index (χ0v) is 15.0. The maximum absolute atomic E-state index is 12.6. The van der Waals surface area contributed by atoms with Gasteiger partial charge in [0, 0.05) is 18.7 Å². The second-order valence-corrected chi connectivity index (χ2v) is 7.32. The van der Waals surface area contributed by atoms with Crippen LogP contribution in [0.4, 0.5) is 0 Å². The van der Waals surface area contributed by atoms with Gasteiger partial charge in [-0.3, -0.25) is 9.89 Å². The molecule has 1 saturated heterocycles. The Morgan fingerprint density at radius 3 is 2.81 bits per heavy atom. The molecule has 0 radical (unpaired) electrons. The SMILES string of the molecule is O=C(c1cc(-c2cccs2)[nH]n1)N1CC(c2nc(-c3ccccc3)no2)C1. The summed E-state index contributed by atoms with van der Waals surface area (Å²) in [4.78, 5) is 19.9. The van der Waals surface area contributed by atoms with Gasteiger partial charge < -0.3 is 9.42 Å². The molecule has 0 aliphatic carbocycles. The summed E-state index contributed by atoms with van der Waals surface area (Å²) in [6, 6.07) is 15.4. The number of rotatable bonds is 4. The molecular formula is C19H15N5O2S. The van der Waals surface area contributed by atoms with Gasteiger partial charge in [0.2, 0.25) is 11.7 Å². The first-order valence-corrected chi connectivity index (χ1v) is 9.43. The number of nitrogens with one attached hydrogen (secondary N) is 1. The van der Waals surface area contributed by atoms with Crippen molar-refractivity contribution in [1.29, 1.82) is 0 Å². The molecule has 1 aliphatic rings. The fourth-order valence-corrected chi connectivity index (χ4v) is 3.75. The van der Waals surface area contributed by atoms with Crippen molar-refractivity contribution in [3.8, 4) is 22.0 Å². The number of aromatic amines is 1. The molecule has 5 rings (SSSR count). The molecule has 0 spiro atoms. The molecule has 0 atom stereocenters. The minimum absolute atomic E-state index is 0.0645. The van der Waals surface area contributed by atoms with E-state index in [1.807, 2.05) is 47.8 Å². The molecule has 1 amide bonds. The van der Waals surface area contributed by atoms with Crippen LogP contribution in [-0.2, 0) is 0 Å². The van der Waals surface area contributed by atoms with Gasteiger partial charge in [0.1, 0.15) is 0 Å². The van der Waals surface area contributed by atoms with Crippen LogP contribution in [-0.4, -0.2) is 44.2 Å². The molecule has 7 nitrogen and oxygen atoms in total. The van der Waals surface area contributed by atoms with E-state index in [9.17, 15) is 4.79 Å². The summed E-state index contributed by atoms with van der Waals surface area (Å²) in [7, 11) is 0.